The van der Waals surface area contributed by atoms with Crippen molar-refractivity contribution in [3.8, 4) is 0 Å². The van der Waals surface area contributed by atoms with Crippen molar-refractivity contribution >= 4 is 17.1 Å². The minimum absolute atomic E-state index is 0.538. The first-order valence-corrected chi connectivity index (χ1v) is 16.2. The highest BCUT2D eigenvalue weighted by Gasteiger charge is 2.38. The summed E-state index contributed by atoms with van der Waals surface area (Å²) in [6.45, 7) is 2.29. The Morgan fingerprint density at radius 3 is 1.00 bits per heavy atom. The number of nitrogen functional groups attached to an aromatic ring is 3. The van der Waals surface area contributed by atoms with Gasteiger partial charge in [-0.05, 0) is 77.1 Å². The summed E-state index contributed by atoms with van der Waals surface area (Å²) in [5.41, 5.74) is 26.2. The van der Waals surface area contributed by atoms with E-state index in [2.05, 4.69) is 67.6 Å². The molecular formula is C39H51N3. The van der Waals surface area contributed by atoms with Crippen LogP contribution in [0.15, 0.2) is 97.1 Å². The van der Waals surface area contributed by atoms with Crippen LogP contribution in [-0.4, -0.2) is 0 Å². The average Bonchev–Trinajstić information content (AvgIpc) is 3.01. The molecule has 0 aliphatic rings. The normalized spacial score (nSPS) is 11.5. The molecule has 4 rings (SSSR count). The van der Waals surface area contributed by atoms with Crippen molar-refractivity contribution in [2.75, 3.05) is 17.2 Å². The van der Waals surface area contributed by atoms with Gasteiger partial charge in [-0.15, -0.1) is 0 Å². The Bertz CT molecular complexity index is 1200. The number of hydrogen-bond donors (Lipinski definition) is 3. The molecule has 0 radical (unpaired) electrons. The number of benzene rings is 4. The van der Waals surface area contributed by atoms with Gasteiger partial charge in [-0.2, -0.15) is 0 Å². The predicted octanol–water partition coefficient (Wildman–Crippen LogP) is 10.1. The first-order valence-electron chi connectivity index (χ1n) is 16.2. The summed E-state index contributed by atoms with van der Waals surface area (Å²) < 4.78 is 0. The van der Waals surface area contributed by atoms with Gasteiger partial charge in [-0.1, -0.05) is 138 Å². The van der Waals surface area contributed by atoms with E-state index in [0.29, 0.717) is 0 Å². The SMILES string of the molecule is CCCCCCCCCCCCCCc1ccc(C(c2ccc(N)cc2)(c2ccc(N)cc2)c2ccc(N)cc2)cc1. The molecule has 6 N–H and O–H groups in total. The fraction of sp³-hybridized carbons (Fsp3) is 0.385. The Morgan fingerprint density at radius 2 is 0.667 bits per heavy atom. The van der Waals surface area contributed by atoms with E-state index in [0.717, 1.165) is 40.2 Å². The Labute approximate surface area is 254 Å². The Morgan fingerprint density at radius 1 is 0.381 bits per heavy atom. The van der Waals surface area contributed by atoms with Crippen LogP contribution in [0.1, 0.15) is 112 Å². The Hall–Kier alpha value is -3.72. The van der Waals surface area contributed by atoms with Gasteiger partial charge in [0.1, 0.15) is 0 Å². The zero-order chi connectivity index (χ0) is 29.6. The molecule has 4 aromatic carbocycles. The van der Waals surface area contributed by atoms with Crippen LogP contribution in [0.25, 0.3) is 0 Å². The third-order valence-electron chi connectivity index (χ3n) is 8.74. The molecule has 0 bridgehead atoms. The molecule has 0 aliphatic heterocycles. The third kappa shape index (κ3) is 8.18. The second-order valence-electron chi connectivity index (χ2n) is 12.0. The lowest BCUT2D eigenvalue weighted by Gasteiger charge is -2.37. The molecule has 3 heteroatoms. The summed E-state index contributed by atoms with van der Waals surface area (Å²) in [4.78, 5) is 0. The minimum Gasteiger partial charge on any atom is -0.399 e. The fourth-order valence-corrected chi connectivity index (χ4v) is 6.29. The van der Waals surface area contributed by atoms with Crippen LogP contribution in [-0.2, 0) is 11.8 Å². The molecule has 0 saturated carbocycles. The molecule has 0 atom stereocenters. The van der Waals surface area contributed by atoms with E-state index in [1.807, 2.05) is 36.4 Å². The first kappa shape index (κ1) is 31.2. The number of aryl methyl sites for hydroxylation is 1. The van der Waals surface area contributed by atoms with Gasteiger partial charge in [0, 0.05) is 17.1 Å². The maximum Gasteiger partial charge on any atom is 0.0701 e. The molecule has 0 fully saturated rings. The van der Waals surface area contributed by atoms with Gasteiger partial charge in [0.15, 0.2) is 0 Å². The van der Waals surface area contributed by atoms with E-state index >= 15 is 0 Å². The summed E-state index contributed by atoms with van der Waals surface area (Å²) in [7, 11) is 0. The molecular weight excluding hydrogens is 510 g/mol. The lowest BCUT2D eigenvalue weighted by atomic mass is 9.65. The minimum atomic E-state index is -0.538. The molecule has 0 amide bonds. The molecule has 0 aromatic heterocycles. The van der Waals surface area contributed by atoms with Crippen molar-refractivity contribution in [2.45, 2.75) is 95.8 Å². The number of hydrogen-bond acceptors (Lipinski definition) is 3. The smallest absolute Gasteiger partial charge is 0.0701 e. The molecule has 0 spiro atoms. The van der Waals surface area contributed by atoms with E-state index in [1.54, 1.807) is 0 Å². The quantitative estimate of drug-likeness (QED) is 0.0682. The summed E-state index contributed by atoms with van der Waals surface area (Å²) in [5, 5.41) is 0. The third-order valence-corrected chi connectivity index (χ3v) is 8.74. The zero-order valence-corrected chi connectivity index (χ0v) is 25.7. The second kappa shape index (κ2) is 16.1. The monoisotopic (exact) mass is 561 g/mol. The van der Waals surface area contributed by atoms with Crippen molar-refractivity contribution in [3.05, 3.63) is 125 Å². The van der Waals surface area contributed by atoms with Crippen LogP contribution in [0.3, 0.4) is 0 Å². The molecule has 4 aromatic rings. The van der Waals surface area contributed by atoms with Crippen molar-refractivity contribution in [1.29, 1.82) is 0 Å². The van der Waals surface area contributed by atoms with Gasteiger partial charge in [-0.25, -0.2) is 0 Å². The van der Waals surface area contributed by atoms with E-state index < -0.39 is 5.41 Å². The molecule has 0 heterocycles. The average molecular weight is 562 g/mol. The standard InChI is InChI=1S/C39H51N3/c1-2-3-4-5-6-7-8-9-10-11-12-13-14-31-15-17-32(18-16-31)39(33-19-25-36(40)26-20-33,34-21-27-37(41)28-22-34)35-23-29-38(42)30-24-35/h15-30H,2-14,40-42H2,1H3. The number of rotatable bonds is 17. The van der Waals surface area contributed by atoms with Gasteiger partial charge >= 0.3 is 0 Å². The van der Waals surface area contributed by atoms with Crippen LogP contribution in [0.5, 0.6) is 0 Å². The van der Waals surface area contributed by atoms with Crippen LogP contribution >= 0.6 is 0 Å². The lowest BCUT2D eigenvalue weighted by molar-refractivity contribution is 0.544. The van der Waals surface area contributed by atoms with Crippen LogP contribution < -0.4 is 17.2 Å². The number of unbranched alkanes of at least 4 members (excludes halogenated alkanes) is 11. The van der Waals surface area contributed by atoms with E-state index in [1.165, 1.54) is 88.2 Å². The van der Waals surface area contributed by atoms with Gasteiger partial charge in [-0.3, -0.25) is 0 Å². The Balaban J connectivity index is 1.46. The summed E-state index contributed by atoms with van der Waals surface area (Å²) in [6, 6.07) is 34.0. The number of anilines is 3. The largest absolute Gasteiger partial charge is 0.399 e. The highest BCUT2D eigenvalue weighted by atomic mass is 14.6. The molecule has 0 saturated heterocycles. The number of nitrogens with two attached hydrogens (primary N) is 3. The fourth-order valence-electron chi connectivity index (χ4n) is 6.29. The van der Waals surface area contributed by atoms with E-state index in [4.69, 9.17) is 17.2 Å². The van der Waals surface area contributed by atoms with Gasteiger partial charge < -0.3 is 17.2 Å². The summed E-state index contributed by atoms with van der Waals surface area (Å²) in [6.07, 6.45) is 17.6. The zero-order valence-electron chi connectivity index (χ0n) is 25.7. The molecule has 0 unspecified atom stereocenters. The van der Waals surface area contributed by atoms with Crippen molar-refractivity contribution in [1.82, 2.24) is 0 Å². The molecule has 42 heavy (non-hydrogen) atoms. The highest BCUT2D eigenvalue weighted by Crippen LogP contribution is 2.45. The maximum absolute atomic E-state index is 6.13. The summed E-state index contributed by atoms with van der Waals surface area (Å²) in [5.74, 6) is 0. The van der Waals surface area contributed by atoms with Crippen molar-refractivity contribution in [2.24, 2.45) is 0 Å². The Kier molecular flexibility index (Phi) is 11.9. The lowest BCUT2D eigenvalue weighted by Crippen LogP contribution is -2.31. The summed E-state index contributed by atoms with van der Waals surface area (Å²) >= 11 is 0. The molecule has 0 aliphatic carbocycles. The van der Waals surface area contributed by atoms with Gasteiger partial charge in [0.05, 0.1) is 5.41 Å². The van der Waals surface area contributed by atoms with E-state index in [9.17, 15) is 0 Å². The van der Waals surface area contributed by atoms with Crippen LogP contribution in [0.2, 0.25) is 0 Å². The topological polar surface area (TPSA) is 78.1 Å². The van der Waals surface area contributed by atoms with E-state index in [-0.39, 0.29) is 0 Å². The highest BCUT2D eigenvalue weighted by molar-refractivity contribution is 5.63. The van der Waals surface area contributed by atoms with Crippen molar-refractivity contribution in [3.63, 3.8) is 0 Å². The molecule has 222 valence electrons. The van der Waals surface area contributed by atoms with Crippen LogP contribution in [0, 0.1) is 0 Å². The predicted molar refractivity (Wildman–Crippen MR) is 183 cm³/mol. The second-order valence-corrected chi connectivity index (χ2v) is 12.0. The van der Waals surface area contributed by atoms with Crippen LogP contribution in [0.4, 0.5) is 17.1 Å². The maximum atomic E-state index is 6.13. The van der Waals surface area contributed by atoms with Crippen molar-refractivity contribution < 1.29 is 0 Å². The van der Waals surface area contributed by atoms with Gasteiger partial charge in [0.2, 0.25) is 0 Å². The first-order chi connectivity index (χ1) is 20.5. The molecule has 3 nitrogen and oxygen atoms in total. The van der Waals surface area contributed by atoms with Gasteiger partial charge in [0.25, 0.3) is 0 Å².